The van der Waals surface area contributed by atoms with Crippen LogP contribution in [0.4, 0.5) is 0 Å². The molecule has 2 heterocycles. The van der Waals surface area contributed by atoms with Crippen molar-refractivity contribution in [2.45, 2.75) is 13.5 Å². The Kier molecular flexibility index (Phi) is 4.59. The summed E-state index contributed by atoms with van der Waals surface area (Å²) < 4.78 is 11.4. The van der Waals surface area contributed by atoms with Crippen LogP contribution in [0.3, 0.4) is 0 Å². The number of para-hydroxylation sites is 1. The van der Waals surface area contributed by atoms with Gasteiger partial charge in [0.05, 0.1) is 5.02 Å². The number of carbonyl (C=O) groups excluding carboxylic acids is 1. The van der Waals surface area contributed by atoms with Gasteiger partial charge in [-0.2, -0.15) is 0 Å². The lowest BCUT2D eigenvalue weighted by molar-refractivity contribution is -0.121. The number of aryl methyl sites for hydroxylation is 1. The number of furan rings is 1. The first-order chi connectivity index (χ1) is 11.5. The van der Waals surface area contributed by atoms with Gasteiger partial charge in [-0.15, -0.1) is 0 Å². The second-order valence-corrected chi connectivity index (χ2v) is 6.12. The molecule has 1 aromatic carbocycles. The molecule has 1 saturated heterocycles. The number of hydrogen-bond acceptors (Lipinski definition) is 4. The van der Waals surface area contributed by atoms with Crippen LogP contribution in [0.5, 0.6) is 5.75 Å². The molecule has 0 atom stereocenters. The van der Waals surface area contributed by atoms with Gasteiger partial charge >= 0.3 is 0 Å². The van der Waals surface area contributed by atoms with E-state index in [2.05, 4.69) is 5.32 Å². The molecular weight excluding hydrogens is 348 g/mol. The van der Waals surface area contributed by atoms with Gasteiger partial charge in [0.15, 0.2) is 5.11 Å². The lowest BCUT2D eigenvalue weighted by Crippen LogP contribution is -2.25. The summed E-state index contributed by atoms with van der Waals surface area (Å²) in [4.78, 5) is 13.3. The summed E-state index contributed by atoms with van der Waals surface area (Å²) in [6.45, 7) is 2.17. The predicted octanol–water partition coefficient (Wildman–Crippen LogP) is 3.51. The Morgan fingerprint density at radius 1 is 1.38 bits per heavy atom. The molecule has 1 N–H and O–H groups in total. The maximum atomic E-state index is 11.9. The highest BCUT2D eigenvalue weighted by molar-refractivity contribution is 7.80. The Labute approximate surface area is 149 Å². The van der Waals surface area contributed by atoms with E-state index in [0.717, 1.165) is 5.56 Å². The van der Waals surface area contributed by atoms with Crippen LogP contribution in [-0.2, 0) is 11.4 Å². The summed E-state index contributed by atoms with van der Waals surface area (Å²) in [5.41, 5.74) is 1.33. The van der Waals surface area contributed by atoms with E-state index in [1.165, 1.54) is 4.90 Å². The van der Waals surface area contributed by atoms with Crippen molar-refractivity contribution in [3.63, 3.8) is 0 Å². The standard InChI is InChI=1S/C17H15ClN2O3S/c1-10-4-3-5-13(18)15(10)22-9-12-7-6-11(23-12)8-14-16(21)20(2)17(24)19-14/h3-8H,9H2,1-2H3,(H,19,24)/b14-8+. The second-order valence-electron chi connectivity index (χ2n) is 5.33. The molecule has 7 heteroatoms. The number of likely N-dealkylation sites (N-methyl/N-ethyl adjacent to an activating group) is 1. The molecule has 2 aromatic rings. The van der Waals surface area contributed by atoms with E-state index in [1.807, 2.05) is 19.1 Å². The van der Waals surface area contributed by atoms with Crippen molar-refractivity contribution in [2.24, 2.45) is 0 Å². The second kappa shape index (κ2) is 6.67. The van der Waals surface area contributed by atoms with Crippen LogP contribution in [0, 0.1) is 6.92 Å². The Balaban J connectivity index is 1.71. The topological polar surface area (TPSA) is 54.7 Å². The summed E-state index contributed by atoms with van der Waals surface area (Å²) in [6.07, 6.45) is 1.61. The molecule has 1 aliphatic rings. The van der Waals surface area contributed by atoms with Crippen LogP contribution in [0.2, 0.25) is 5.02 Å². The minimum absolute atomic E-state index is 0.194. The summed E-state index contributed by atoms with van der Waals surface area (Å²) in [6, 6.07) is 9.13. The number of halogens is 1. The molecule has 0 unspecified atom stereocenters. The first kappa shape index (κ1) is 16.5. The van der Waals surface area contributed by atoms with Gasteiger partial charge in [0.2, 0.25) is 0 Å². The number of nitrogens with one attached hydrogen (secondary N) is 1. The van der Waals surface area contributed by atoms with Crippen LogP contribution in [0.15, 0.2) is 40.4 Å². The first-order valence-electron chi connectivity index (χ1n) is 7.23. The Morgan fingerprint density at radius 3 is 2.83 bits per heavy atom. The molecule has 1 fully saturated rings. The van der Waals surface area contributed by atoms with Crippen molar-refractivity contribution < 1.29 is 13.9 Å². The van der Waals surface area contributed by atoms with E-state index in [0.29, 0.717) is 33.1 Å². The van der Waals surface area contributed by atoms with E-state index >= 15 is 0 Å². The van der Waals surface area contributed by atoms with Gasteiger partial charge in [0, 0.05) is 13.1 Å². The molecule has 1 amide bonds. The van der Waals surface area contributed by atoms with Gasteiger partial charge in [-0.3, -0.25) is 9.69 Å². The highest BCUT2D eigenvalue weighted by Crippen LogP contribution is 2.29. The largest absolute Gasteiger partial charge is 0.484 e. The molecule has 1 aliphatic heterocycles. The SMILES string of the molecule is Cc1cccc(Cl)c1OCc1ccc(/C=C2/NC(=S)N(C)C2=O)o1. The van der Waals surface area contributed by atoms with E-state index in [4.69, 9.17) is 33.0 Å². The fourth-order valence-electron chi connectivity index (χ4n) is 2.26. The molecule has 3 rings (SSSR count). The molecule has 0 aliphatic carbocycles. The zero-order valence-corrected chi connectivity index (χ0v) is 14.7. The number of carbonyl (C=O) groups is 1. The fraction of sp³-hybridized carbons (Fsp3) is 0.176. The lowest BCUT2D eigenvalue weighted by atomic mass is 10.2. The van der Waals surface area contributed by atoms with Crippen molar-refractivity contribution in [1.29, 1.82) is 0 Å². The monoisotopic (exact) mass is 362 g/mol. The maximum absolute atomic E-state index is 11.9. The number of ether oxygens (including phenoxy) is 1. The van der Waals surface area contributed by atoms with Gasteiger partial charge in [-0.25, -0.2) is 0 Å². The van der Waals surface area contributed by atoms with Crippen molar-refractivity contribution in [2.75, 3.05) is 7.05 Å². The lowest BCUT2D eigenvalue weighted by Gasteiger charge is -2.09. The highest BCUT2D eigenvalue weighted by Gasteiger charge is 2.27. The smallest absolute Gasteiger partial charge is 0.276 e. The number of rotatable bonds is 4. The summed E-state index contributed by atoms with van der Waals surface area (Å²) >= 11 is 11.2. The van der Waals surface area contributed by atoms with Crippen molar-refractivity contribution >= 4 is 40.9 Å². The zero-order chi connectivity index (χ0) is 17.3. The molecule has 124 valence electrons. The molecular formula is C17H15ClN2O3S. The fourth-order valence-corrected chi connectivity index (χ4v) is 2.73. The third-order valence-corrected chi connectivity index (χ3v) is 4.25. The molecule has 0 saturated carbocycles. The summed E-state index contributed by atoms with van der Waals surface area (Å²) in [7, 11) is 1.62. The van der Waals surface area contributed by atoms with Crippen LogP contribution < -0.4 is 10.1 Å². The number of hydrogen-bond donors (Lipinski definition) is 1. The molecule has 0 radical (unpaired) electrons. The zero-order valence-electron chi connectivity index (χ0n) is 13.1. The Bertz CT molecular complexity index is 824. The number of benzene rings is 1. The molecule has 24 heavy (non-hydrogen) atoms. The van der Waals surface area contributed by atoms with E-state index in [1.54, 1.807) is 31.3 Å². The summed E-state index contributed by atoms with van der Waals surface area (Å²) in [5, 5.41) is 3.77. The van der Waals surface area contributed by atoms with Gasteiger partial charge in [0.1, 0.15) is 29.6 Å². The third-order valence-electron chi connectivity index (χ3n) is 3.57. The van der Waals surface area contributed by atoms with E-state index < -0.39 is 0 Å². The highest BCUT2D eigenvalue weighted by atomic mass is 35.5. The van der Waals surface area contributed by atoms with Crippen molar-refractivity contribution in [3.8, 4) is 5.75 Å². The van der Waals surface area contributed by atoms with Gasteiger partial charge < -0.3 is 14.5 Å². The van der Waals surface area contributed by atoms with Crippen molar-refractivity contribution in [1.82, 2.24) is 10.2 Å². The average Bonchev–Trinajstić information content (AvgIpc) is 3.08. The molecule has 5 nitrogen and oxygen atoms in total. The van der Waals surface area contributed by atoms with Crippen LogP contribution >= 0.6 is 23.8 Å². The van der Waals surface area contributed by atoms with Crippen LogP contribution in [-0.4, -0.2) is 23.0 Å². The molecule has 1 aromatic heterocycles. The van der Waals surface area contributed by atoms with Gasteiger partial charge in [-0.1, -0.05) is 23.7 Å². The Morgan fingerprint density at radius 2 is 2.17 bits per heavy atom. The van der Waals surface area contributed by atoms with Crippen LogP contribution in [0.1, 0.15) is 17.1 Å². The van der Waals surface area contributed by atoms with Gasteiger partial charge in [-0.05, 0) is 42.9 Å². The average molecular weight is 363 g/mol. The number of nitrogens with zero attached hydrogens (tertiary/aromatic N) is 1. The maximum Gasteiger partial charge on any atom is 0.276 e. The first-order valence-corrected chi connectivity index (χ1v) is 8.01. The Hall–Kier alpha value is -2.31. The van der Waals surface area contributed by atoms with E-state index in [-0.39, 0.29) is 12.5 Å². The van der Waals surface area contributed by atoms with Crippen LogP contribution in [0.25, 0.3) is 6.08 Å². The number of amides is 1. The predicted molar refractivity (Wildman–Crippen MR) is 95.7 cm³/mol. The molecule has 0 bridgehead atoms. The minimum Gasteiger partial charge on any atom is -0.484 e. The quantitative estimate of drug-likeness (QED) is 0.666. The summed E-state index contributed by atoms with van der Waals surface area (Å²) in [5.74, 6) is 1.61. The van der Waals surface area contributed by atoms with Crippen molar-refractivity contribution in [3.05, 3.63) is 58.1 Å². The van der Waals surface area contributed by atoms with Gasteiger partial charge in [0.25, 0.3) is 5.91 Å². The normalized spacial score (nSPS) is 16.0. The third kappa shape index (κ3) is 3.29. The minimum atomic E-state index is -0.194. The number of thiocarbonyl (C=S) groups is 1. The molecule has 0 spiro atoms. The van der Waals surface area contributed by atoms with E-state index in [9.17, 15) is 4.79 Å².